The van der Waals surface area contributed by atoms with Crippen LogP contribution in [0, 0.1) is 56.7 Å². The minimum absolute atomic E-state index is 0.0680. The number of nitrogens with zero attached hydrogens (tertiary/aromatic N) is 1. The highest BCUT2D eigenvalue weighted by atomic mass is 32.2. The zero-order chi connectivity index (χ0) is 38.7. The summed E-state index contributed by atoms with van der Waals surface area (Å²) in [5.74, 6) is 1.13. The molecule has 0 aromatic carbocycles. The molecule has 0 bridgehead atoms. The van der Waals surface area contributed by atoms with Crippen molar-refractivity contribution >= 4 is 22.2 Å². The first-order chi connectivity index (χ1) is 24.6. The molecule has 13 atom stereocenters. The summed E-state index contributed by atoms with van der Waals surface area (Å²) in [6, 6.07) is 0. The Balaban J connectivity index is 1.04. The zero-order valence-electron chi connectivity index (χ0n) is 32.3. The van der Waals surface area contributed by atoms with Crippen molar-refractivity contribution < 1.29 is 50.5 Å². The number of alkyl halides is 3. The topological polar surface area (TPSA) is 144 Å². The van der Waals surface area contributed by atoms with Gasteiger partial charge in [0.15, 0.2) is 0 Å². The molecule has 7 rings (SSSR count). The Morgan fingerprint density at radius 2 is 1.66 bits per heavy atom. The van der Waals surface area contributed by atoms with Gasteiger partial charge in [0.1, 0.15) is 12.2 Å². The first-order valence-electron chi connectivity index (χ1n) is 19.9. The number of nitrogens with one attached hydrogen (secondary N) is 2. The minimum Gasteiger partial charge on any atom is -0.446 e. The molecule has 5 aliphatic carbocycles. The molecule has 15 heteroatoms. The second-order valence-electron chi connectivity index (χ2n) is 19.2. The van der Waals surface area contributed by atoms with E-state index in [2.05, 4.69) is 53.8 Å². The van der Waals surface area contributed by atoms with E-state index in [0.717, 1.165) is 64.5 Å². The number of likely N-dealkylation sites (tertiary alicyclic amines) is 1. The van der Waals surface area contributed by atoms with Crippen LogP contribution in [0.1, 0.15) is 106 Å². The number of carbonyl (C=O) groups is 2. The number of aliphatic hydroxyl groups excluding tert-OH is 1. The first kappa shape index (κ1) is 39.4. The fourth-order valence-corrected chi connectivity index (χ4v) is 14.2. The molecule has 2 amide bonds. The monoisotopic (exact) mass is 775 g/mol. The number of carbonyl (C=O) groups excluding carboxylic acids is 2. The van der Waals surface area contributed by atoms with E-state index in [1.54, 1.807) is 4.90 Å². The lowest BCUT2D eigenvalue weighted by molar-refractivity contribution is -0.185. The Bertz CT molecular complexity index is 1580. The number of ether oxygens (including phenoxy) is 3. The molecule has 2 spiro atoms. The molecular weight excluding hydrogens is 715 g/mol. The summed E-state index contributed by atoms with van der Waals surface area (Å²) in [4.78, 5) is 27.5. The lowest BCUT2D eigenvalue weighted by Gasteiger charge is -2.63. The standard InChI is InChI=1S/C38H60F3N3O8S/c1-21(2)28(52-32(47)44-17-8-18-44)23-19-22(3)27-29(50-23)30(45)35(7)25-10-9-24-33(4,5)26(11-12-36(24)20-37(25,36)14-13-34(27,35)6)51-31(46)42-15-16-43-53(48,49)38(39,40)41/h21-30,43,45H,8-20H2,1-7H3,(H,42,46)/t22-,23-,24+,25+,26+,27+,28-,29+,30+,34-,35-,36-,37+/m1/s1. The Morgan fingerprint density at radius 1 is 1.00 bits per heavy atom. The maximum atomic E-state index is 12.9. The van der Waals surface area contributed by atoms with Crippen molar-refractivity contribution in [3.8, 4) is 0 Å². The lowest BCUT2D eigenvalue weighted by atomic mass is 9.41. The van der Waals surface area contributed by atoms with Gasteiger partial charge in [-0.15, -0.1) is 0 Å². The number of rotatable bonds is 8. The van der Waals surface area contributed by atoms with Gasteiger partial charge < -0.3 is 29.5 Å². The first-order valence-corrected chi connectivity index (χ1v) is 21.4. The average molecular weight is 776 g/mol. The number of hydrogen-bond donors (Lipinski definition) is 3. The Labute approximate surface area is 312 Å². The molecule has 5 saturated carbocycles. The number of halogens is 3. The van der Waals surface area contributed by atoms with Gasteiger partial charge in [0.2, 0.25) is 0 Å². The highest BCUT2D eigenvalue weighted by molar-refractivity contribution is 7.90. The van der Waals surface area contributed by atoms with Crippen molar-refractivity contribution in [2.45, 2.75) is 142 Å². The number of aliphatic hydroxyl groups is 1. The van der Waals surface area contributed by atoms with Gasteiger partial charge in [-0.25, -0.2) is 22.7 Å². The van der Waals surface area contributed by atoms with Gasteiger partial charge in [0, 0.05) is 37.0 Å². The molecule has 0 unspecified atom stereocenters. The van der Waals surface area contributed by atoms with Crippen LogP contribution >= 0.6 is 0 Å². The molecule has 7 fully saturated rings. The van der Waals surface area contributed by atoms with Gasteiger partial charge in [-0.3, -0.25) is 0 Å². The molecule has 0 radical (unpaired) electrons. The summed E-state index contributed by atoms with van der Waals surface area (Å²) < 4.78 is 80.9. The van der Waals surface area contributed by atoms with Gasteiger partial charge >= 0.3 is 27.7 Å². The molecule has 2 saturated heterocycles. The van der Waals surface area contributed by atoms with Gasteiger partial charge in [-0.1, -0.05) is 48.5 Å². The molecule has 0 aromatic rings. The van der Waals surface area contributed by atoms with Gasteiger partial charge in [-0.2, -0.15) is 13.2 Å². The van der Waals surface area contributed by atoms with Crippen LogP contribution in [0.5, 0.6) is 0 Å². The van der Waals surface area contributed by atoms with E-state index in [-0.39, 0.29) is 81.7 Å². The predicted octanol–water partition coefficient (Wildman–Crippen LogP) is 6.20. The van der Waals surface area contributed by atoms with Crippen LogP contribution in [0.4, 0.5) is 22.8 Å². The van der Waals surface area contributed by atoms with E-state index < -0.39 is 40.4 Å². The molecule has 2 heterocycles. The van der Waals surface area contributed by atoms with Crippen LogP contribution in [0.2, 0.25) is 0 Å². The second-order valence-corrected chi connectivity index (χ2v) is 20.9. The number of sulfonamides is 1. The van der Waals surface area contributed by atoms with Crippen molar-refractivity contribution in [1.29, 1.82) is 0 Å². The zero-order valence-corrected chi connectivity index (χ0v) is 33.1. The largest absolute Gasteiger partial charge is 0.511 e. The third-order valence-electron chi connectivity index (χ3n) is 16.4. The van der Waals surface area contributed by atoms with Crippen molar-refractivity contribution in [2.24, 2.45) is 56.7 Å². The van der Waals surface area contributed by atoms with E-state index in [1.165, 1.54) is 4.72 Å². The summed E-state index contributed by atoms with van der Waals surface area (Å²) in [6.07, 6.45) is 5.28. The predicted molar refractivity (Wildman–Crippen MR) is 189 cm³/mol. The molecule has 53 heavy (non-hydrogen) atoms. The highest BCUT2D eigenvalue weighted by Gasteiger charge is 2.84. The maximum Gasteiger partial charge on any atom is 0.511 e. The number of alkyl carbamates (subject to hydrolysis) is 1. The van der Waals surface area contributed by atoms with E-state index in [0.29, 0.717) is 12.3 Å². The number of fused-ring (bicyclic) bond motifs is 4. The number of hydrogen-bond acceptors (Lipinski definition) is 8. The van der Waals surface area contributed by atoms with Crippen LogP contribution in [0.15, 0.2) is 0 Å². The van der Waals surface area contributed by atoms with Crippen molar-refractivity contribution in [3.63, 3.8) is 0 Å². The van der Waals surface area contributed by atoms with E-state index in [4.69, 9.17) is 14.2 Å². The van der Waals surface area contributed by atoms with Gasteiger partial charge in [0.25, 0.3) is 0 Å². The quantitative estimate of drug-likeness (QED) is 0.248. The van der Waals surface area contributed by atoms with Crippen molar-refractivity contribution in [2.75, 3.05) is 26.2 Å². The third kappa shape index (κ3) is 5.68. The maximum absolute atomic E-state index is 12.9. The summed E-state index contributed by atoms with van der Waals surface area (Å²) >= 11 is 0. The van der Waals surface area contributed by atoms with Crippen molar-refractivity contribution in [3.05, 3.63) is 0 Å². The fourth-order valence-electron chi connectivity index (χ4n) is 13.7. The second kappa shape index (κ2) is 12.8. The van der Waals surface area contributed by atoms with Crippen LogP contribution in [-0.2, 0) is 24.2 Å². The van der Waals surface area contributed by atoms with Crippen LogP contribution in [0.25, 0.3) is 0 Å². The average Bonchev–Trinajstić information content (AvgIpc) is 3.66. The summed E-state index contributed by atoms with van der Waals surface area (Å²) in [5.41, 5.74) is -6.13. The molecule has 2 aliphatic heterocycles. The number of amides is 2. The Hall–Kier alpha value is -1.84. The summed E-state index contributed by atoms with van der Waals surface area (Å²) in [7, 11) is -5.49. The summed E-state index contributed by atoms with van der Waals surface area (Å²) in [5, 5.41) is 15.0. The fraction of sp³-hybridized carbons (Fsp3) is 0.947. The van der Waals surface area contributed by atoms with E-state index in [9.17, 15) is 36.3 Å². The Kier molecular flexibility index (Phi) is 9.55. The summed E-state index contributed by atoms with van der Waals surface area (Å²) in [6.45, 7) is 16.0. The SMILES string of the molecule is CC(C)[C@@H](OC(=O)N1CCC1)[C@H]1C[C@@H](C)[C@H]2[C@H](O1)[C@H](O)[C@@]1(C)[C@@H]3CC[C@H]4C(C)(C)[C@@H](OC(=O)NCCNS(=O)(=O)C(F)(F)F)CC[C@@]45C[C@@]35CC[C@]21C. The molecule has 3 N–H and O–H groups in total. The highest BCUT2D eigenvalue weighted by Crippen LogP contribution is 2.89. The Morgan fingerprint density at radius 3 is 2.28 bits per heavy atom. The molecule has 11 nitrogen and oxygen atoms in total. The molecule has 0 aromatic heterocycles. The van der Waals surface area contributed by atoms with Crippen molar-refractivity contribution in [1.82, 2.24) is 14.9 Å². The minimum atomic E-state index is -5.49. The van der Waals surface area contributed by atoms with E-state index in [1.807, 2.05) is 0 Å². The smallest absolute Gasteiger partial charge is 0.446 e. The van der Waals surface area contributed by atoms with Crippen LogP contribution < -0.4 is 10.0 Å². The molecular formula is C38H60F3N3O8S. The van der Waals surface area contributed by atoms with Gasteiger partial charge in [-0.05, 0) is 104 Å². The molecule has 7 aliphatic rings. The normalized spacial score (nSPS) is 44.6. The van der Waals surface area contributed by atoms with Gasteiger partial charge in [0.05, 0.1) is 18.3 Å². The van der Waals surface area contributed by atoms with Crippen LogP contribution in [-0.4, -0.2) is 92.8 Å². The van der Waals surface area contributed by atoms with E-state index >= 15 is 0 Å². The molecule has 302 valence electrons. The third-order valence-corrected chi connectivity index (χ3v) is 17.6. The van der Waals surface area contributed by atoms with Crippen LogP contribution in [0.3, 0.4) is 0 Å². The lowest BCUT2D eigenvalue weighted by Crippen LogP contribution is -2.60.